The summed E-state index contributed by atoms with van der Waals surface area (Å²) in [7, 11) is 1.74. The second-order valence-electron chi connectivity index (χ2n) is 5.28. The van der Waals surface area contributed by atoms with E-state index in [9.17, 15) is 9.59 Å². The third-order valence-electron chi connectivity index (χ3n) is 3.34. The lowest BCUT2D eigenvalue weighted by Gasteiger charge is -2.32. The number of piperazine rings is 1. The van der Waals surface area contributed by atoms with Crippen molar-refractivity contribution in [1.82, 2.24) is 9.80 Å². The van der Waals surface area contributed by atoms with Crippen molar-refractivity contribution in [3.8, 4) is 5.75 Å². The van der Waals surface area contributed by atoms with E-state index in [1.54, 1.807) is 35.0 Å². The second kappa shape index (κ2) is 6.43. The Balaban J connectivity index is 2.15. The van der Waals surface area contributed by atoms with E-state index in [-0.39, 0.29) is 18.4 Å². The van der Waals surface area contributed by atoms with Gasteiger partial charge < -0.3 is 14.5 Å². The summed E-state index contributed by atoms with van der Waals surface area (Å²) < 4.78 is 5.62. The van der Waals surface area contributed by atoms with Crippen molar-refractivity contribution < 1.29 is 14.3 Å². The summed E-state index contributed by atoms with van der Waals surface area (Å²) in [5.74, 6) is 0.306. The van der Waals surface area contributed by atoms with E-state index in [1.165, 1.54) is 0 Å². The first-order valence-corrected chi connectivity index (χ1v) is 6.88. The largest absolute Gasteiger partial charge is 0.488 e. The van der Waals surface area contributed by atoms with Crippen molar-refractivity contribution in [3.05, 3.63) is 42.0 Å². The molecule has 2 rings (SSSR count). The minimum absolute atomic E-state index is 0.0464. The van der Waals surface area contributed by atoms with Gasteiger partial charge in [0.05, 0.1) is 5.56 Å². The fraction of sp³-hybridized carbons (Fsp3) is 0.375. The average Bonchev–Trinajstić information content (AvgIpc) is 2.47. The predicted molar refractivity (Wildman–Crippen MR) is 80.3 cm³/mol. The molecule has 0 spiro atoms. The highest BCUT2D eigenvalue weighted by Crippen LogP contribution is 2.21. The van der Waals surface area contributed by atoms with Gasteiger partial charge >= 0.3 is 0 Å². The highest BCUT2D eigenvalue weighted by atomic mass is 16.5. The summed E-state index contributed by atoms with van der Waals surface area (Å²) in [5, 5.41) is 0. The minimum atomic E-state index is -0.172. The number of hydrogen-bond donors (Lipinski definition) is 0. The number of hydrogen-bond acceptors (Lipinski definition) is 3. The van der Waals surface area contributed by atoms with Crippen LogP contribution in [-0.2, 0) is 4.79 Å². The van der Waals surface area contributed by atoms with E-state index in [2.05, 4.69) is 6.58 Å². The molecule has 1 fully saturated rings. The number of rotatable bonds is 4. The van der Waals surface area contributed by atoms with Crippen LogP contribution in [0.2, 0.25) is 0 Å². The molecule has 0 radical (unpaired) electrons. The minimum Gasteiger partial charge on any atom is -0.488 e. The maximum absolute atomic E-state index is 12.6. The van der Waals surface area contributed by atoms with Crippen LogP contribution in [0.1, 0.15) is 17.3 Å². The van der Waals surface area contributed by atoms with Gasteiger partial charge in [-0.1, -0.05) is 18.7 Å². The molecular weight excluding hydrogens is 268 g/mol. The fourth-order valence-corrected chi connectivity index (χ4v) is 2.07. The van der Waals surface area contributed by atoms with E-state index in [4.69, 9.17) is 4.74 Å². The molecule has 1 aromatic rings. The quantitative estimate of drug-likeness (QED) is 0.790. The second-order valence-corrected chi connectivity index (χ2v) is 5.28. The highest BCUT2D eigenvalue weighted by Gasteiger charge is 2.27. The molecule has 0 aliphatic carbocycles. The Morgan fingerprint density at radius 3 is 2.71 bits per heavy atom. The first-order chi connectivity index (χ1) is 9.99. The molecule has 1 heterocycles. The van der Waals surface area contributed by atoms with Gasteiger partial charge in [0.25, 0.3) is 5.91 Å². The summed E-state index contributed by atoms with van der Waals surface area (Å²) in [6, 6.07) is 7.09. The highest BCUT2D eigenvalue weighted by molar-refractivity contribution is 5.99. The molecule has 21 heavy (non-hydrogen) atoms. The zero-order valence-electron chi connectivity index (χ0n) is 12.5. The molecule has 1 aliphatic rings. The number of ether oxygens (including phenoxy) is 1. The van der Waals surface area contributed by atoms with Crippen LogP contribution in [0.4, 0.5) is 0 Å². The van der Waals surface area contributed by atoms with Crippen LogP contribution in [0, 0.1) is 0 Å². The number of benzene rings is 1. The molecule has 0 atom stereocenters. The maximum Gasteiger partial charge on any atom is 0.258 e. The molecule has 0 N–H and O–H groups in total. The Bertz CT molecular complexity index is 568. The lowest BCUT2D eigenvalue weighted by molar-refractivity contribution is -0.133. The number of carbonyl (C=O) groups excluding carboxylic acids is 2. The van der Waals surface area contributed by atoms with Gasteiger partial charge in [0.1, 0.15) is 18.9 Å². The van der Waals surface area contributed by atoms with Gasteiger partial charge in [0, 0.05) is 20.1 Å². The van der Waals surface area contributed by atoms with Gasteiger partial charge in [-0.2, -0.15) is 0 Å². The Morgan fingerprint density at radius 2 is 2.05 bits per heavy atom. The molecule has 1 saturated heterocycles. The average molecular weight is 288 g/mol. The number of carbonyl (C=O) groups is 2. The molecule has 0 saturated carbocycles. The zero-order valence-corrected chi connectivity index (χ0v) is 12.5. The molecule has 2 amide bonds. The fourth-order valence-electron chi connectivity index (χ4n) is 2.07. The van der Waals surface area contributed by atoms with E-state index < -0.39 is 0 Å². The normalized spacial score (nSPS) is 15.0. The number of nitrogens with zero attached hydrogens (tertiary/aromatic N) is 2. The van der Waals surface area contributed by atoms with Gasteiger partial charge in [0.15, 0.2) is 0 Å². The summed E-state index contributed by atoms with van der Waals surface area (Å²) in [4.78, 5) is 27.5. The van der Waals surface area contributed by atoms with Crippen LogP contribution in [0.5, 0.6) is 5.75 Å². The molecule has 5 nitrogen and oxygen atoms in total. The van der Waals surface area contributed by atoms with E-state index in [0.717, 1.165) is 5.57 Å². The third kappa shape index (κ3) is 3.62. The van der Waals surface area contributed by atoms with Gasteiger partial charge in [-0.3, -0.25) is 9.59 Å². The molecule has 5 heteroatoms. The van der Waals surface area contributed by atoms with E-state index >= 15 is 0 Å². The van der Waals surface area contributed by atoms with Crippen molar-refractivity contribution in [2.24, 2.45) is 0 Å². The zero-order chi connectivity index (χ0) is 15.4. The molecule has 1 aromatic carbocycles. The van der Waals surface area contributed by atoms with E-state index in [0.29, 0.717) is 31.0 Å². The Labute approximate surface area is 124 Å². The standard InChI is InChI=1S/C16H20N2O3/c1-12(2)11-21-14-7-5-4-6-13(14)16(20)18-9-8-17(3)15(19)10-18/h4-7H,1,8-11H2,2-3H3. The third-order valence-corrected chi connectivity index (χ3v) is 3.34. The van der Waals surface area contributed by atoms with Crippen LogP contribution in [0.15, 0.2) is 36.4 Å². The maximum atomic E-state index is 12.6. The SMILES string of the molecule is C=C(C)COc1ccccc1C(=O)N1CCN(C)C(=O)C1. The molecule has 112 valence electrons. The van der Waals surface area contributed by atoms with E-state index in [1.807, 2.05) is 13.0 Å². The van der Waals surface area contributed by atoms with Crippen molar-refractivity contribution in [3.63, 3.8) is 0 Å². The smallest absolute Gasteiger partial charge is 0.258 e. The van der Waals surface area contributed by atoms with Gasteiger partial charge in [0.2, 0.25) is 5.91 Å². The van der Waals surface area contributed by atoms with Crippen molar-refractivity contribution in [2.75, 3.05) is 33.3 Å². The summed E-state index contributed by atoms with van der Waals surface area (Å²) in [6.07, 6.45) is 0. The molecule has 0 unspecified atom stereocenters. The van der Waals surface area contributed by atoms with Crippen molar-refractivity contribution >= 4 is 11.8 Å². The van der Waals surface area contributed by atoms with Crippen molar-refractivity contribution in [1.29, 1.82) is 0 Å². The van der Waals surface area contributed by atoms with Gasteiger partial charge in [-0.05, 0) is 24.6 Å². The lowest BCUT2D eigenvalue weighted by Crippen LogP contribution is -2.50. The van der Waals surface area contributed by atoms with Gasteiger partial charge in [-0.25, -0.2) is 0 Å². The summed E-state index contributed by atoms with van der Waals surface area (Å²) in [5.41, 5.74) is 1.36. The van der Waals surface area contributed by atoms with Crippen molar-refractivity contribution in [2.45, 2.75) is 6.92 Å². The first-order valence-electron chi connectivity index (χ1n) is 6.88. The Hall–Kier alpha value is -2.30. The van der Waals surface area contributed by atoms with Crippen LogP contribution < -0.4 is 4.74 Å². The Morgan fingerprint density at radius 1 is 1.33 bits per heavy atom. The van der Waals surface area contributed by atoms with Gasteiger partial charge in [-0.15, -0.1) is 0 Å². The van der Waals surface area contributed by atoms with Crippen LogP contribution in [0.25, 0.3) is 0 Å². The molecule has 0 aromatic heterocycles. The number of amides is 2. The first kappa shape index (κ1) is 15.1. The predicted octanol–water partition coefficient (Wildman–Crippen LogP) is 1.56. The number of para-hydroxylation sites is 1. The number of likely N-dealkylation sites (N-methyl/N-ethyl adjacent to an activating group) is 1. The van der Waals surface area contributed by atoms with Crippen LogP contribution in [0.3, 0.4) is 0 Å². The molecule has 1 aliphatic heterocycles. The van der Waals surface area contributed by atoms with Crippen LogP contribution >= 0.6 is 0 Å². The summed E-state index contributed by atoms with van der Waals surface area (Å²) in [6.45, 7) is 7.22. The molecular formula is C16H20N2O3. The van der Waals surface area contributed by atoms with Crippen LogP contribution in [-0.4, -0.2) is 54.9 Å². The Kier molecular flexibility index (Phi) is 4.62. The molecule has 0 bridgehead atoms. The lowest BCUT2D eigenvalue weighted by atomic mass is 10.1. The topological polar surface area (TPSA) is 49.9 Å². The summed E-state index contributed by atoms with van der Waals surface area (Å²) >= 11 is 0. The monoisotopic (exact) mass is 288 g/mol.